The molecular formula is C20H30O. The fourth-order valence-corrected chi connectivity index (χ4v) is 6.13. The van der Waals surface area contributed by atoms with Crippen molar-refractivity contribution in [2.45, 2.75) is 58.8 Å². The van der Waals surface area contributed by atoms with Crippen LogP contribution in [-0.4, -0.2) is 5.48 Å². The first kappa shape index (κ1) is 15.1. The second-order valence-electron chi connectivity index (χ2n) is 8.34. The van der Waals surface area contributed by atoms with E-state index in [0.717, 1.165) is 17.8 Å². The maximum absolute atomic E-state index is 4.22. The molecule has 0 spiro atoms. The summed E-state index contributed by atoms with van der Waals surface area (Å²) in [6.45, 7) is 9.32. The van der Waals surface area contributed by atoms with Crippen molar-refractivity contribution >= 4 is 0 Å². The molecule has 2 saturated carbocycles. The van der Waals surface area contributed by atoms with Crippen molar-refractivity contribution < 1.29 is 5.48 Å². The van der Waals surface area contributed by atoms with E-state index in [4.69, 9.17) is 0 Å². The summed E-state index contributed by atoms with van der Waals surface area (Å²) in [7, 11) is 0. The fourth-order valence-electron chi connectivity index (χ4n) is 6.13. The van der Waals surface area contributed by atoms with Crippen molar-refractivity contribution in [3.05, 3.63) is 36.0 Å². The first-order valence-corrected chi connectivity index (χ1v) is 8.59. The van der Waals surface area contributed by atoms with E-state index < -0.39 is 0 Å². The Kier molecular flexibility index (Phi) is 3.48. The second kappa shape index (κ2) is 4.84. The molecule has 0 bridgehead atoms. The summed E-state index contributed by atoms with van der Waals surface area (Å²) in [6, 6.07) is 0. The third kappa shape index (κ3) is 2.00. The molecule has 4 aliphatic carbocycles. The van der Waals surface area contributed by atoms with E-state index in [1.807, 2.05) is 0 Å². The quantitative estimate of drug-likeness (QED) is 0.570. The van der Waals surface area contributed by atoms with Gasteiger partial charge in [-0.2, -0.15) is 0 Å². The van der Waals surface area contributed by atoms with Gasteiger partial charge in [0.15, 0.2) is 0 Å². The minimum Gasteiger partial charge on any atom is -0.412 e. The lowest BCUT2D eigenvalue weighted by atomic mass is 9.47. The molecule has 2 fully saturated rings. The predicted molar refractivity (Wildman–Crippen MR) is 89.0 cm³/mol. The summed E-state index contributed by atoms with van der Waals surface area (Å²) in [5.74, 6) is 2.84. The van der Waals surface area contributed by atoms with Gasteiger partial charge >= 0.3 is 0 Å². The molecule has 1 heteroatoms. The molecule has 2 N–H and O–H groups in total. The summed E-state index contributed by atoms with van der Waals surface area (Å²) in [4.78, 5) is 0. The van der Waals surface area contributed by atoms with Crippen LogP contribution < -0.4 is 0 Å². The highest BCUT2D eigenvalue weighted by Crippen LogP contribution is 2.64. The van der Waals surface area contributed by atoms with E-state index >= 15 is 0 Å². The van der Waals surface area contributed by atoms with Gasteiger partial charge in [-0.1, -0.05) is 49.8 Å². The Morgan fingerprint density at radius 1 is 1.10 bits per heavy atom. The Labute approximate surface area is 129 Å². The molecular weight excluding hydrogens is 256 g/mol. The average Bonchev–Trinajstić information content (AvgIpc) is 2.81. The van der Waals surface area contributed by atoms with Crippen LogP contribution in [0.3, 0.4) is 0 Å². The van der Waals surface area contributed by atoms with Crippen LogP contribution in [0.5, 0.6) is 0 Å². The molecule has 0 aromatic carbocycles. The van der Waals surface area contributed by atoms with E-state index in [2.05, 4.69) is 38.7 Å². The zero-order valence-electron chi connectivity index (χ0n) is 13.6. The molecule has 21 heavy (non-hydrogen) atoms. The second-order valence-corrected chi connectivity index (χ2v) is 8.34. The highest BCUT2D eigenvalue weighted by molar-refractivity contribution is 5.33. The molecule has 0 aromatic rings. The summed E-state index contributed by atoms with van der Waals surface area (Å²) >= 11 is 0. The molecule has 1 nitrogen and oxygen atoms in total. The maximum atomic E-state index is 4.22. The van der Waals surface area contributed by atoms with Crippen LogP contribution in [0.15, 0.2) is 36.0 Å². The van der Waals surface area contributed by atoms with Crippen LogP contribution in [-0.2, 0) is 0 Å². The number of hydrogen-bond donors (Lipinski definition) is 0. The van der Waals surface area contributed by atoms with Crippen molar-refractivity contribution in [2.75, 3.05) is 0 Å². The lowest BCUT2D eigenvalue weighted by molar-refractivity contribution is -0.0232. The maximum Gasteiger partial charge on any atom is -0.00790 e. The Morgan fingerprint density at radius 2 is 1.90 bits per heavy atom. The first-order chi connectivity index (χ1) is 9.53. The third-order valence-electron chi connectivity index (χ3n) is 7.41. The lowest BCUT2D eigenvalue weighted by Crippen LogP contribution is -2.48. The van der Waals surface area contributed by atoms with Gasteiger partial charge in [-0.3, -0.25) is 0 Å². The van der Waals surface area contributed by atoms with Gasteiger partial charge in [0.2, 0.25) is 0 Å². The molecule has 4 rings (SSSR count). The number of hydrogen-bond acceptors (Lipinski definition) is 0. The normalized spacial score (nSPS) is 47.8. The predicted octanol–water partition coefficient (Wildman–Crippen LogP) is 4.85. The number of rotatable bonds is 0. The van der Waals surface area contributed by atoms with Crippen LogP contribution in [0.4, 0.5) is 0 Å². The van der Waals surface area contributed by atoms with Gasteiger partial charge in [0.25, 0.3) is 0 Å². The van der Waals surface area contributed by atoms with Crippen LogP contribution in [0.1, 0.15) is 58.8 Å². The van der Waals surface area contributed by atoms with E-state index in [9.17, 15) is 0 Å². The molecule has 0 aromatic heterocycles. The van der Waals surface area contributed by atoms with Crippen molar-refractivity contribution in [1.82, 2.24) is 0 Å². The molecule has 5 atom stereocenters. The number of allylic oxidation sites excluding steroid dienone is 5. The fraction of sp³-hybridized carbons (Fsp3) is 0.700. The van der Waals surface area contributed by atoms with Crippen LogP contribution in [0.2, 0.25) is 0 Å². The highest BCUT2D eigenvalue weighted by Gasteiger charge is 2.54. The van der Waals surface area contributed by atoms with Gasteiger partial charge in [-0.05, 0) is 73.5 Å². The Balaban J connectivity index is 0.00000132. The van der Waals surface area contributed by atoms with Crippen molar-refractivity contribution in [2.24, 2.45) is 28.6 Å². The van der Waals surface area contributed by atoms with E-state index in [0.29, 0.717) is 10.8 Å². The minimum atomic E-state index is 0. The first-order valence-electron chi connectivity index (χ1n) is 8.59. The Hall–Kier alpha value is -0.820. The van der Waals surface area contributed by atoms with Gasteiger partial charge in [0.1, 0.15) is 0 Å². The van der Waals surface area contributed by atoms with Gasteiger partial charge in [-0.25, -0.2) is 0 Å². The van der Waals surface area contributed by atoms with Crippen molar-refractivity contribution in [3.63, 3.8) is 0 Å². The molecule has 0 radical (unpaired) electrons. The third-order valence-corrected chi connectivity index (χ3v) is 7.41. The molecule has 0 saturated heterocycles. The summed E-state index contributed by atoms with van der Waals surface area (Å²) in [5, 5.41) is 0. The minimum absolute atomic E-state index is 0. The monoisotopic (exact) mass is 286 g/mol. The van der Waals surface area contributed by atoms with E-state index in [1.54, 1.807) is 5.57 Å². The van der Waals surface area contributed by atoms with Crippen molar-refractivity contribution in [1.29, 1.82) is 0 Å². The van der Waals surface area contributed by atoms with E-state index in [-0.39, 0.29) is 5.48 Å². The largest absolute Gasteiger partial charge is 0.412 e. The smallest absolute Gasteiger partial charge is 0.00790 e. The summed E-state index contributed by atoms with van der Waals surface area (Å²) in [6.07, 6.45) is 17.0. The SMILES string of the molecule is C=C1C=C2CCC3C4CC=C[C@@]4(C)CCC3[C@@]2(C)CC1.O. The summed E-state index contributed by atoms with van der Waals surface area (Å²) < 4.78 is 0. The van der Waals surface area contributed by atoms with Crippen molar-refractivity contribution in [3.8, 4) is 0 Å². The van der Waals surface area contributed by atoms with Gasteiger partial charge < -0.3 is 5.48 Å². The van der Waals surface area contributed by atoms with Crippen LogP contribution in [0.25, 0.3) is 0 Å². The zero-order chi connectivity index (χ0) is 14.0. The Bertz CT molecular complexity index is 514. The van der Waals surface area contributed by atoms with E-state index in [1.165, 1.54) is 50.5 Å². The molecule has 0 amide bonds. The van der Waals surface area contributed by atoms with Gasteiger partial charge in [0, 0.05) is 0 Å². The van der Waals surface area contributed by atoms with Gasteiger partial charge in [-0.15, -0.1) is 0 Å². The zero-order valence-corrected chi connectivity index (χ0v) is 13.6. The highest BCUT2D eigenvalue weighted by atomic mass is 16.0. The van der Waals surface area contributed by atoms with Crippen LogP contribution >= 0.6 is 0 Å². The molecule has 3 unspecified atom stereocenters. The molecule has 116 valence electrons. The number of fused-ring (bicyclic) bond motifs is 5. The molecule has 4 aliphatic rings. The van der Waals surface area contributed by atoms with Crippen LogP contribution in [0, 0.1) is 28.6 Å². The molecule has 0 aliphatic heterocycles. The topological polar surface area (TPSA) is 31.5 Å². The standard InChI is InChI=1S/C20H28.H2O/c1-14-8-12-20(3)15(13-14)6-7-16-17-5-4-10-19(17,2)11-9-18(16)20;/h4,10,13,16-18H,1,5-9,11-12H2,2-3H3;1H2/t16?,17?,18?,19-,20-;/m0./s1. The lowest BCUT2D eigenvalue weighted by Gasteiger charge is -2.57. The Morgan fingerprint density at radius 3 is 2.71 bits per heavy atom. The summed E-state index contributed by atoms with van der Waals surface area (Å²) in [5.41, 5.74) is 4.13. The van der Waals surface area contributed by atoms with Gasteiger partial charge in [0.05, 0.1) is 0 Å². The average molecular weight is 286 g/mol. The molecule has 0 heterocycles.